The predicted octanol–water partition coefficient (Wildman–Crippen LogP) is 5.89. The molecule has 0 spiro atoms. The zero-order chi connectivity index (χ0) is 28.6. The number of hydrogen-bond donors (Lipinski definition) is 1. The van der Waals surface area contributed by atoms with Crippen molar-refractivity contribution in [3.8, 4) is 0 Å². The van der Waals surface area contributed by atoms with Crippen molar-refractivity contribution in [3.05, 3.63) is 98.8 Å². The van der Waals surface area contributed by atoms with Gasteiger partial charge in [0.15, 0.2) is 0 Å². The number of pyridine rings is 1. The molecule has 0 fully saturated rings. The molecule has 2 aromatic carbocycles. The van der Waals surface area contributed by atoms with Crippen LogP contribution < -0.4 is 10.9 Å². The van der Waals surface area contributed by atoms with E-state index in [1.165, 1.54) is 11.7 Å². The summed E-state index contributed by atoms with van der Waals surface area (Å²) >= 11 is 12.5. The lowest BCUT2D eigenvalue weighted by Gasteiger charge is -2.31. The summed E-state index contributed by atoms with van der Waals surface area (Å²) in [5.74, 6) is 0.0214. The van der Waals surface area contributed by atoms with Crippen LogP contribution >= 0.6 is 23.2 Å². The second-order valence-electron chi connectivity index (χ2n) is 9.10. The first-order chi connectivity index (χ1) is 19.3. The Morgan fingerprint density at radius 3 is 2.60 bits per heavy atom. The number of aromatic nitrogens is 3. The lowest BCUT2D eigenvalue weighted by atomic mass is 10.1. The fraction of sp³-hybridized carbons (Fsp3) is 0.276. The number of esters is 1. The van der Waals surface area contributed by atoms with E-state index >= 15 is 0 Å². The number of anilines is 1. The van der Waals surface area contributed by atoms with Gasteiger partial charge in [0.25, 0.3) is 5.56 Å². The van der Waals surface area contributed by atoms with Crippen molar-refractivity contribution in [1.29, 1.82) is 0 Å². The standard InChI is InChI=1S/C29H29Cl2N5O4/c1-19(27-33-23-12-4-3-10-21(23)28(38)36(27)17-8-14-25(37)40-2)35(18-15-20-9-5-6-16-32-20)29(39)34-24-13-7-11-22(30)26(24)31/h3-7,9-13,16,19H,8,14-15,17-18H2,1-2H3,(H,34,39). The maximum Gasteiger partial charge on any atom is 0.322 e. The number of fused-ring (bicyclic) bond motifs is 1. The van der Waals surface area contributed by atoms with Gasteiger partial charge in [0.2, 0.25) is 0 Å². The number of ether oxygens (including phenoxy) is 1. The highest BCUT2D eigenvalue weighted by Crippen LogP contribution is 2.30. The van der Waals surface area contributed by atoms with E-state index in [-0.39, 0.29) is 36.1 Å². The molecule has 1 unspecified atom stereocenters. The third-order valence-corrected chi connectivity index (χ3v) is 7.33. The van der Waals surface area contributed by atoms with Gasteiger partial charge in [-0.15, -0.1) is 0 Å². The van der Waals surface area contributed by atoms with Gasteiger partial charge in [-0.3, -0.25) is 19.1 Å². The maximum atomic E-state index is 13.7. The van der Waals surface area contributed by atoms with Gasteiger partial charge in [0, 0.05) is 37.8 Å². The van der Waals surface area contributed by atoms with Crippen LogP contribution in [0.3, 0.4) is 0 Å². The summed E-state index contributed by atoms with van der Waals surface area (Å²) in [5, 5.41) is 3.83. The number of amides is 2. The van der Waals surface area contributed by atoms with E-state index in [0.29, 0.717) is 40.3 Å². The molecule has 0 radical (unpaired) electrons. The molecule has 2 heterocycles. The number of para-hydroxylation sites is 1. The lowest BCUT2D eigenvalue weighted by molar-refractivity contribution is -0.140. The van der Waals surface area contributed by atoms with E-state index in [1.54, 1.807) is 53.6 Å². The fourth-order valence-corrected chi connectivity index (χ4v) is 4.73. The number of carbonyl (C=O) groups is 2. The van der Waals surface area contributed by atoms with Crippen molar-refractivity contribution < 1.29 is 14.3 Å². The van der Waals surface area contributed by atoms with Crippen molar-refractivity contribution in [2.75, 3.05) is 19.0 Å². The molecule has 0 saturated carbocycles. The number of methoxy groups -OCH3 is 1. The molecule has 0 aliphatic heterocycles. The monoisotopic (exact) mass is 581 g/mol. The van der Waals surface area contributed by atoms with Crippen LogP contribution in [0.5, 0.6) is 0 Å². The van der Waals surface area contributed by atoms with Crippen LogP contribution in [0, 0.1) is 0 Å². The Labute approximate surface area is 241 Å². The minimum absolute atomic E-state index is 0.140. The van der Waals surface area contributed by atoms with Gasteiger partial charge in [-0.1, -0.05) is 47.5 Å². The third-order valence-electron chi connectivity index (χ3n) is 6.51. The molecule has 0 aliphatic carbocycles. The molecule has 40 heavy (non-hydrogen) atoms. The molecule has 11 heteroatoms. The second-order valence-corrected chi connectivity index (χ2v) is 9.88. The average Bonchev–Trinajstić information content (AvgIpc) is 2.97. The van der Waals surface area contributed by atoms with E-state index in [1.807, 2.05) is 25.1 Å². The third kappa shape index (κ3) is 6.78. The van der Waals surface area contributed by atoms with Crippen LogP contribution in [0.2, 0.25) is 10.0 Å². The van der Waals surface area contributed by atoms with Crippen LogP contribution in [0.15, 0.2) is 71.7 Å². The lowest BCUT2D eigenvalue weighted by Crippen LogP contribution is -2.41. The fourth-order valence-electron chi connectivity index (χ4n) is 4.38. The van der Waals surface area contributed by atoms with Gasteiger partial charge in [0.05, 0.1) is 39.8 Å². The molecular weight excluding hydrogens is 553 g/mol. The number of carbonyl (C=O) groups excluding carboxylic acids is 2. The van der Waals surface area contributed by atoms with Crippen LogP contribution in [0.4, 0.5) is 10.5 Å². The average molecular weight is 582 g/mol. The van der Waals surface area contributed by atoms with Gasteiger partial charge in [-0.25, -0.2) is 9.78 Å². The Morgan fingerprint density at radius 1 is 1.07 bits per heavy atom. The summed E-state index contributed by atoms with van der Waals surface area (Å²) < 4.78 is 6.29. The van der Waals surface area contributed by atoms with Crippen LogP contribution in [0.1, 0.15) is 37.3 Å². The van der Waals surface area contributed by atoms with E-state index in [2.05, 4.69) is 10.3 Å². The Kier molecular flexibility index (Phi) is 9.74. The molecule has 0 bridgehead atoms. The summed E-state index contributed by atoms with van der Waals surface area (Å²) in [7, 11) is 1.32. The molecule has 9 nitrogen and oxygen atoms in total. The molecular formula is C29H29Cl2N5O4. The smallest absolute Gasteiger partial charge is 0.322 e. The molecule has 4 rings (SSSR count). The minimum Gasteiger partial charge on any atom is -0.469 e. The van der Waals surface area contributed by atoms with E-state index in [9.17, 15) is 14.4 Å². The van der Waals surface area contributed by atoms with E-state index in [0.717, 1.165) is 5.69 Å². The normalized spacial score (nSPS) is 11.7. The molecule has 1 N–H and O–H groups in total. The number of rotatable bonds is 10. The molecule has 208 valence electrons. The van der Waals surface area contributed by atoms with Gasteiger partial charge in [0.1, 0.15) is 5.82 Å². The van der Waals surface area contributed by atoms with Crippen molar-refractivity contribution in [3.63, 3.8) is 0 Å². The zero-order valence-corrected chi connectivity index (χ0v) is 23.7. The summed E-state index contributed by atoms with van der Waals surface area (Å²) in [6.45, 7) is 2.30. The predicted molar refractivity (Wildman–Crippen MR) is 156 cm³/mol. The van der Waals surface area contributed by atoms with Gasteiger partial charge < -0.3 is 15.0 Å². The van der Waals surface area contributed by atoms with Crippen molar-refractivity contribution in [1.82, 2.24) is 19.4 Å². The number of nitrogens with one attached hydrogen (secondary N) is 1. The first-order valence-electron chi connectivity index (χ1n) is 12.8. The molecule has 4 aromatic rings. The molecule has 1 atom stereocenters. The number of nitrogens with zero attached hydrogens (tertiary/aromatic N) is 4. The minimum atomic E-state index is -0.642. The number of benzene rings is 2. The Morgan fingerprint density at radius 2 is 1.85 bits per heavy atom. The Bertz CT molecular complexity index is 1560. The topological polar surface area (TPSA) is 106 Å². The quantitative estimate of drug-likeness (QED) is 0.234. The number of urea groups is 1. The van der Waals surface area contributed by atoms with Gasteiger partial charge >= 0.3 is 12.0 Å². The molecule has 2 aromatic heterocycles. The highest BCUT2D eigenvalue weighted by Gasteiger charge is 2.27. The molecule has 0 saturated heterocycles. The summed E-state index contributed by atoms with van der Waals surface area (Å²) in [6, 6.07) is 16.5. The number of hydrogen-bond acceptors (Lipinski definition) is 6. The molecule has 2 amide bonds. The maximum absolute atomic E-state index is 13.7. The van der Waals surface area contributed by atoms with Gasteiger partial charge in [-0.2, -0.15) is 0 Å². The van der Waals surface area contributed by atoms with E-state index < -0.39 is 12.1 Å². The SMILES string of the molecule is COC(=O)CCCn1c(C(C)N(CCc2ccccn2)C(=O)Nc2cccc(Cl)c2Cl)nc2ccccc2c1=O. The highest BCUT2D eigenvalue weighted by molar-refractivity contribution is 6.43. The van der Waals surface area contributed by atoms with E-state index in [4.69, 9.17) is 32.9 Å². The first kappa shape index (κ1) is 29.0. The largest absolute Gasteiger partial charge is 0.469 e. The van der Waals surface area contributed by atoms with Gasteiger partial charge in [-0.05, 0) is 49.7 Å². The van der Waals surface area contributed by atoms with Crippen LogP contribution in [0.25, 0.3) is 10.9 Å². The molecule has 0 aliphatic rings. The highest BCUT2D eigenvalue weighted by atomic mass is 35.5. The van der Waals surface area contributed by atoms with Crippen molar-refractivity contribution >= 4 is 51.8 Å². The Hall–Kier alpha value is -3.95. The van der Waals surface area contributed by atoms with Crippen molar-refractivity contribution in [2.24, 2.45) is 0 Å². The summed E-state index contributed by atoms with van der Waals surface area (Å²) in [5.41, 5.74) is 1.42. The number of halogens is 2. The summed E-state index contributed by atoms with van der Waals surface area (Å²) in [6.07, 6.45) is 2.66. The Balaban J connectivity index is 1.73. The second kappa shape index (κ2) is 13.4. The zero-order valence-electron chi connectivity index (χ0n) is 22.1. The summed E-state index contributed by atoms with van der Waals surface area (Å²) in [4.78, 5) is 49.8. The first-order valence-corrected chi connectivity index (χ1v) is 13.5. The van der Waals surface area contributed by atoms with Crippen LogP contribution in [-0.4, -0.2) is 45.1 Å². The van der Waals surface area contributed by atoms with Crippen molar-refractivity contribution in [2.45, 2.75) is 38.8 Å². The van der Waals surface area contributed by atoms with Crippen LogP contribution in [-0.2, 0) is 22.5 Å².